The predicted octanol–water partition coefficient (Wildman–Crippen LogP) is 2.20. The van der Waals surface area contributed by atoms with Crippen molar-refractivity contribution < 1.29 is 4.79 Å². The van der Waals surface area contributed by atoms with Gasteiger partial charge in [0.1, 0.15) is 12.0 Å². The van der Waals surface area contributed by atoms with Crippen molar-refractivity contribution in [3.63, 3.8) is 0 Å². The van der Waals surface area contributed by atoms with Crippen LogP contribution in [0.2, 0.25) is 0 Å². The van der Waals surface area contributed by atoms with Crippen LogP contribution in [0, 0.1) is 0 Å². The quantitative estimate of drug-likeness (QED) is 0.737. The smallest absolute Gasteiger partial charge is 0.317 e. The molecular formula is C20H25N7O. The summed E-state index contributed by atoms with van der Waals surface area (Å²) < 4.78 is 3.92. The summed E-state index contributed by atoms with van der Waals surface area (Å²) >= 11 is 0. The lowest BCUT2D eigenvalue weighted by Crippen LogP contribution is -2.43. The molecule has 1 N–H and O–H groups in total. The Balaban J connectivity index is 1.63. The molecule has 146 valence electrons. The minimum atomic E-state index is -0.0203. The predicted molar refractivity (Wildman–Crippen MR) is 106 cm³/mol. The van der Waals surface area contributed by atoms with Crippen LogP contribution < -0.4 is 5.32 Å². The number of nitrogens with one attached hydrogen (secondary N) is 1. The molecule has 28 heavy (non-hydrogen) atoms. The maximum absolute atomic E-state index is 12.4. The van der Waals surface area contributed by atoms with Gasteiger partial charge in [0.2, 0.25) is 0 Å². The minimum absolute atomic E-state index is 0.0203. The first kappa shape index (κ1) is 18.2. The van der Waals surface area contributed by atoms with Gasteiger partial charge in [-0.15, -0.1) is 10.2 Å². The maximum Gasteiger partial charge on any atom is 0.317 e. The van der Waals surface area contributed by atoms with E-state index in [2.05, 4.69) is 27.6 Å². The van der Waals surface area contributed by atoms with E-state index in [9.17, 15) is 4.79 Å². The zero-order valence-corrected chi connectivity index (χ0v) is 16.3. The van der Waals surface area contributed by atoms with Crippen LogP contribution in [-0.2, 0) is 26.6 Å². The second kappa shape index (κ2) is 7.84. The summed E-state index contributed by atoms with van der Waals surface area (Å²) in [4.78, 5) is 14.3. The molecule has 3 aromatic rings. The molecule has 2 aromatic heterocycles. The summed E-state index contributed by atoms with van der Waals surface area (Å²) in [6.07, 6.45) is 3.44. The average Bonchev–Trinajstić information content (AvgIpc) is 3.30. The van der Waals surface area contributed by atoms with Gasteiger partial charge >= 0.3 is 6.03 Å². The van der Waals surface area contributed by atoms with E-state index in [1.54, 1.807) is 6.33 Å². The van der Waals surface area contributed by atoms with Crippen LogP contribution in [0.1, 0.15) is 30.2 Å². The number of carbonyl (C=O) groups is 1. The van der Waals surface area contributed by atoms with Crippen LogP contribution in [0.25, 0.3) is 11.5 Å². The number of fused-ring (bicyclic) bond motifs is 1. The first-order valence-electron chi connectivity index (χ1n) is 9.67. The third-order valence-corrected chi connectivity index (χ3v) is 5.08. The summed E-state index contributed by atoms with van der Waals surface area (Å²) in [5.41, 5.74) is 4.19. The molecule has 0 unspecified atom stereocenters. The van der Waals surface area contributed by atoms with E-state index in [-0.39, 0.29) is 6.03 Å². The van der Waals surface area contributed by atoms with Gasteiger partial charge in [-0.25, -0.2) is 4.79 Å². The molecule has 1 aromatic carbocycles. The SMILES string of the molecule is CCCNC(=O)N1CCc2c(c(-c3nncn3Cc3ccccc3)nn2C)C1. The van der Waals surface area contributed by atoms with Gasteiger partial charge in [-0.1, -0.05) is 37.3 Å². The molecule has 2 amide bonds. The van der Waals surface area contributed by atoms with Gasteiger partial charge in [-0.05, 0) is 12.0 Å². The van der Waals surface area contributed by atoms with Crippen molar-refractivity contribution in [2.45, 2.75) is 32.9 Å². The Morgan fingerprint density at radius 1 is 1.25 bits per heavy atom. The van der Waals surface area contributed by atoms with Gasteiger partial charge in [-0.3, -0.25) is 4.68 Å². The monoisotopic (exact) mass is 379 g/mol. The zero-order valence-electron chi connectivity index (χ0n) is 16.3. The Hall–Kier alpha value is -3.16. The lowest BCUT2D eigenvalue weighted by Gasteiger charge is -2.27. The standard InChI is InChI=1S/C20H25N7O/c1-3-10-21-20(28)26-11-9-17-16(13-26)18(24-25(17)2)19-23-22-14-27(19)12-15-7-5-4-6-8-15/h4-8,14H,3,9-13H2,1-2H3,(H,21,28). The number of nitrogens with zero attached hydrogens (tertiary/aromatic N) is 6. The van der Waals surface area contributed by atoms with Gasteiger partial charge in [0.05, 0.1) is 13.1 Å². The lowest BCUT2D eigenvalue weighted by molar-refractivity contribution is 0.192. The molecule has 0 spiro atoms. The number of aromatic nitrogens is 5. The van der Waals surface area contributed by atoms with E-state index >= 15 is 0 Å². The van der Waals surface area contributed by atoms with Crippen LogP contribution in [0.3, 0.4) is 0 Å². The Kier molecular flexibility index (Phi) is 5.10. The van der Waals surface area contributed by atoms with E-state index in [1.807, 2.05) is 46.3 Å². The van der Waals surface area contributed by atoms with Crippen molar-refractivity contribution >= 4 is 6.03 Å². The molecular weight excluding hydrogens is 354 g/mol. The molecule has 0 fully saturated rings. The van der Waals surface area contributed by atoms with Crippen molar-refractivity contribution in [3.05, 3.63) is 53.5 Å². The lowest BCUT2D eigenvalue weighted by atomic mass is 10.0. The number of rotatable bonds is 5. The number of hydrogen-bond donors (Lipinski definition) is 1. The fraction of sp³-hybridized carbons (Fsp3) is 0.400. The largest absolute Gasteiger partial charge is 0.338 e. The molecule has 0 aliphatic carbocycles. The molecule has 0 bridgehead atoms. The Labute approximate surface area is 164 Å². The Morgan fingerprint density at radius 3 is 2.86 bits per heavy atom. The summed E-state index contributed by atoms with van der Waals surface area (Å²) in [6.45, 7) is 4.64. The van der Waals surface area contributed by atoms with Crippen LogP contribution >= 0.6 is 0 Å². The van der Waals surface area contributed by atoms with Crippen LogP contribution in [0.4, 0.5) is 4.79 Å². The molecule has 1 aliphatic rings. The van der Waals surface area contributed by atoms with Crippen LogP contribution in [0.15, 0.2) is 36.7 Å². The average molecular weight is 379 g/mol. The third-order valence-electron chi connectivity index (χ3n) is 5.08. The molecule has 0 radical (unpaired) electrons. The van der Waals surface area contributed by atoms with Crippen molar-refractivity contribution in [2.75, 3.05) is 13.1 Å². The van der Waals surface area contributed by atoms with Gasteiger partial charge in [-0.2, -0.15) is 5.10 Å². The van der Waals surface area contributed by atoms with Gasteiger partial charge in [0, 0.05) is 37.8 Å². The highest BCUT2D eigenvalue weighted by molar-refractivity contribution is 5.75. The highest BCUT2D eigenvalue weighted by Crippen LogP contribution is 2.29. The number of amides is 2. The summed E-state index contributed by atoms with van der Waals surface area (Å²) in [6, 6.07) is 10.2. The van der Waals surface area contributed by atoms with Crippen molar-refractivity contribution in [1.82, 2.24) is 34.8 Å². The van der Waals surface area contributed by atoms with Crippen molar-refractivity contribution in [3.8, 4) is 11.5 Å². The topological polar surface area (TPSA) is 80.9 Å². The number of aryl methyl sites for hydroxylation is 1. The number of urea groups is 1. The van der Waals surface area contributed by atoms with Crippen molar-refractivity contribution in [2.24, 2.45) is 7.05 Å². The fourth-order valence-corrected chi connectivity index (χ4v) is 3.62. The molecule has 8 heteroatoms. The second-order valence-electron chi connectivity index (χ2n) is 7.07. The van der Waals surface area contributed by atoms with E-state index in [0.717, 1.165) is 35.6 Å². The molecule has 8 nitrogen and oxygen atoms in total. The highest BCUT2D eigenvalue weighted by atomic mass is 16.2. The van der Waals surface area contributed by atoms with E-state index in [1.165, 1.54) is 5.56 Å². The Bertz CT molecular complexity index is 960. The summed E-state index contributed by atoms with van der Waals surface area (Å²) in [5.74, 6) is 0.733. The highest BCUT2D eigenvalue weighted by Gasteiger charge is 2.28. The fourth-order valence-electron chi connectivity index (χ4n) is 3.62. The van der Waals surface area contributed by atoms with Crippen LogP contribution in [0.5, 0.6) is 0 Å². The molecule has 4 rings (SSSR count). The van der Waals surface area contributed by atoms with Gasteiger partial charge < -0.3 is 14.8 Å². The zero-order chi connectivity index (χ0) is 19.5. The Morgan fingerprint density at radius 2 is 2.07 bits per heavy atom. The molecule has 0 saturated heterocycles. The molecule has 1 aliphatic heterocycles. The van der Waals surface area contributed by atoms with Crippen LogP contribution in [-0.4, -0.2) is 48.6 Å². The summed E-state index contributed by atoms with van der Waals surface area (Å²) in [5, 5.41) is 16.2. The number of benzene rings is 1. The minimum Gasteiger partial charge on any atom is -0.338 e. The van der Waals surface area contributed by atoms with E-state index in [4.69, 9.17) is 5.10 Å². The number of carbonyl (C=O) groups excluding carboxylic acids is 1. The normalized spacial score (nSPS) is 13.4. The van der Waals surface area contributed by atoms with Gasteiger partial charge in [0.25, 0.3) is 0 Å². The third kappa shape index (κ3) is 3.49. The second-order valence-corrected chi connectivity index (χ2v) is 7.07. The van der Waals surface area contributed by atoms with Gasteiger partial charge in [0.15, 0.2) is 5.82 Å². The molecule has 0 saturated carbocycles. The first-order valence-corrected chi connectivity index (χ1v) is 9.67. The van der Waals surface area contributed by atoms with E-state index < -0.39 is 0 Å². The molecule has 0 atom stereocenters. The molecule has 3 heterocycles. The number of hydrogen-bond acceptors (Lipinski definition) is 4. The maximum atomic E-state index is 12.4. The summed E-state index contributed by atoms with van der Waals surface area (Å²) in [7, 11) is 1.95. The van der Waals surface area contributed by atoms with E-state index in [0.29, 0.717) is 26.2 Å². The first-order chi connectivity index (χ1) is 13.7. The van der Waals surface area contributed by atoms with Crippen molar-refractivity contribution in [1.29, 1.82) is 0 Å².